The van der Waals surface area contributed by atoms with Gasteiger partial charge in [-0.25, -0.2) is 4.39 Å². The second-order valence-corrected chi connectivity index (χ2v) is 12.8. The van der Waals surface area contributed by atoms with Crippen molar-refractivity contribution >= 4 is 23.2 Å². The summed E-state index contributed by atoms with van der Waals surface area (Å²) < 4.78 is 19.2. The van der Waals surface area contributed by atoms with Crippen molar-refractivity contribution in [2.75, 3.05) is 5.32 Å². The maximum Gasteiger partial charge on any atom is 0.274 e. The molecule has 1 amide bonds. The highest BCUT2D eigenvalue weighted by Gasteiger charge is 2.46. The molecule has 0 saturated heterocycles. The molecular weight excluding hydrogens is 553 g/mol. The molecule has 1 N–H and O–H groups in total. The van der Waals surface area contributed by atoms with E-state index < -0.39 is 11.2 Å². The van der Waals surface area contributed by atoms with Crippen LogP contribution in [0.15, 0.2) is 41.3 Å². The van der Waals surface area contributed by atoms with Gasteiger partial charge in [-0.1, -0.05) is 24.6 Å². The van der Waals surface area contributed by atoms with E-state index >= 15 is 4.39 Å². The number of anilines is 1. The Hall–Kier alpha value is -3.78. The lowest BCUT2D eigenvalue weighted by molar-refractivity contribution is -0.120. The molecule has 4 aromatic rings. The fourth-order valence-corrected chi connectivity index (χ4v) is 6.78. The van der Waals surface area contributed by atoms with Gasteiger partial charge in [0, 0.05) is 41.5 Å². The van der Waals surface area contributed by atoms with E-state index in [1.165, 1.54) is 11.3 Å². The topological polar surface area (TPSA) is 81.8 Å². The highest BCUT2D eigenvalue weighted by Crippen LogP contribution is 2.57. The number of fused-ring (bicyclic) bond motifs is 1. The standard InChI is InChI=1S/C33H33ClFN5O2/c1-17-16-36-25(19-7-5-9-24(29(19)35)37-32(42)33(3)11-12-33)15-27(17)40-18(2)13-22(28(34)31(40)41)21-14-23(21)30-20-8-6-10-26(20)39(4)38-30/h5,7,9,13,15-16,21,23H,6,8,10-12,14H2,1-4H3,(H,37,42)/t21-,23+/m1/s1. The Kier molecular flexibility index (Phi) is 6.21. The maximum absolute atomic E-state index is 15.6. The zero-order chi connectivity index (χ0) is 29.5. The molecular formula is C33H33ClFN5O2. The molecule has 7 nitrogen and oxygen atoms in total. The summed E-state index contributed by atoms with van der Waals surface area (Å²) in [6.45, 7) is 5.63. The molecule has 0 radical (unpaired) electrons. The van der Waals surface area contributed by atoms with E-state index in [1.54, 1.807) is 35.0 Å². The lowest BCUT2D eigenvalue weighted by atomic mass is 10.0. The molecule has 3 heterocycles. The summed E-state index contributed by atoms with van der Waals surface area (Å²) in [6.07, 6.45) is 7.45. The second kappa shape index (κ2) is 9.63. The summed E-state index contributed by atoms with van der Waals surface area (Å²) in [5, 5.41) is 7.78. The van der Waals surface area contributed by atoms with E-state index in [4.69, 9.17) is 16.7 Å². The van der Waals surface area contributed by atoms with Gasteiger partial charge in [0.1, 0.15) is 5.02 Å². The summed E-state index contributed by atoms with van der Waals surface area (Å²) in [5.41, 5.74) is 6.82. The number of aryl methyl sites for hydroxylation is 3. The van der Waals surface area contributed by atoms with Crippen LogP contribution in [0.5, 0.6) is 0 Å². The van der Waals surface area contributed by atoms with Crippen LogP contribution in [-0.2, 0) is 24.7 Å². The van der Waals surface area contributed by atoms with Crippen LogP contribution >= 0.6 is 11.6 Å². The van der Waals surface area contributed by atoms with Crippen LogP contribution in [0.4, 0.5) is 10.1 Å². The molecule has 3 aliphatic carbocycles. The number of rotatable bonds is 6. The minimum atomic E-state index is -0.560. The molecule has 42 heavy (non-hydrogen) atoms. The van der Waals surface area contributed by atoms with Crippen molar-refractivity contribution in [2.45, 2.75) is 71.1 Å². The summed E-state index contributed by atoms with van der Waals surface area (Å²) >= 11 is 6.80. The van der Waals surface area contributed by atoms with Crippen molar-refractivity contribution in [3.63, 3.8) is 0 Å². The zero-order valence-electron chi connectivity index (χ0n) is 24.2. The van der Waals surface area contributed by atoms with E-state index in [1.807, 2.05) is 38.6 Å². The van der Waals surface area contributed by atoms with Gasteiger partial charge in [0.2, 0.25) is 5.91 Å². The predicted molar refractivity (Wildman–Crippen MR) is 161 cm³/mol. The fraction of sp³-hybridized carbons (Fsp3) is 0.394. The number of benzene rings is 1. The van der Waals surface area contributed by atoms with Crippen molar-refractivity contribution in [1.29, 1.82) is 0 Å². The van der Waals surface area contributed by atoms with Crippen molar-refractivity contribution in [1.82, 2.24) is 19.3 Å². The third-order valence-corrected chi connectivity index (χ3v) is 9.82. The van der Waals surface area contributed by atoms with Gasteiger partial charge in [-0.3, -0.25) is 23.8 Å². The lowest BCUT2D eigenvalue weighted by Gasteiger charge is -2.17. The average molecular weight is 586 g/mol. The van der Waals surface area contributed by atoms with Crippen LogP contribution in [-0.4, -0.2) is 25.2 Å². The van der Waals surface area contributed by atoms with Crippen molar-refractivity contribution in [2.24, 2.45) is 12.5 Å². The van der Waals surface area contributed by atoms with Crippen molar-refractivity contribution in [3.8, 4) is 16.9 Å². The molecule has 2 atom stereocenters. The molecule has 2 fully saturated rings. The summed E-state index contributed by atoms with van der Waals surface area (Å²) in [4.78, 5) is 30.8. The maximum atomic E-state index is 15.6. The number of nitrogens with one attached hydrogen (secondary N) is 1. The first-order valence-corrected chi connectivity index (χ1v) is 15.0. The summed E-state index contributed by atoms with van der Waals surface area (Å²) in [6, 6.07) is 8.58. The van der Waals surface area contributed by atoms with Crippen LogP contribution in [0.3, 0.4) is 0 Å². The normalized spacial score (nSPS) is 20.0. The zero-order valence-corrected chi connectivity index (χ0v) is 25.0. The van der Waals surface area contributed by atoms with Gasteiger partial charge >= 0.3 is 0 Å². The SMILES string of the molecule is Cc1cnc(-c2cccc(NC(=O)C3(C)CC3)c2F)cc1-n1c(C)cc([C@H]2C[C@@H]2c2nn(C)c3c2CCC3)c(Cl)c1=O. The largest absolute Gasteiger partial charge is 0.323 e. The molecule has 7 rings (SSSR count). The molecule has 2 saturated carbocycles. The van der Waals surface area contributed by atoms with Gasteiger partial charge in [-0.15, -0.1) is 0 Å². The number of nitrogens with zero attached hydrogens (tertiary/aromatic N) is 4. The number of hydrogen-bond acceptors (Lipinski definition) is 4. The number of pyridine rings is 2. The number of aromatic nitrogens is 4. The monoisotopic (exact) mass is 585 g/mol. The summed E-state index contributed by atoms with van der Waals surface area (Å²) in [5.74, 6) is -0.302. The Bertz CT molecular complexity index is 1850. The van der Waals surface area contributed by atoms with Gasteiger partial charge < -0.3 is 5.32 Å². The van der Waals surface area contributed by atoms with Gasteiger partial charge in [0.15, 0.2) is 5.82 Å². The quantitative estimate of drug-likeness (QED) is 0.278. The molecule has 0 bridgehead atoms. The van der Waals surface area contributed by atoms with Gasteiger partial charge in [0.25, 0.3) is 5.56 Å². The number of amides is 1. The smallest absolute Gasteiger partial charge is 0.274 e. The number of halogens is 2. The highest BCUT2D eigenvalue weighted by atomic mass is 35.5. The molecule has 9 heteroatoms. The first-order chi connectivity index (χ1) is 20.1. The third-order valence-electron chi connectivity index (χ3n) is 9.44. The molecule has 3 aromatic heterocycles. The van der Waals surface area contributed by atoms with E-state index in [-0.39, 0.29) is 39.6 Å². The van der Waals surface area contributed by atoms with Crippen molar-refractivity contribution in [3.05, 3.63) is 91.5 Å². The van der Waals surface area contributed by atoms with Crippen LogP contribution < -0.4 is 10.9 Å². The Morgan fingerprint density at radius 3 is 2.71 bits per heavy atom. The molecule has 1 aromatic carbocycles. The van der Waals surface area contributed by atoms with E-state index in [0.29, 0.717) is 11.4 Å². The summed E-state index contributed by atoms with van der Waals surface area (Å²) in [7, 11) is 2.02. The Balaban J connectivity index is 1.22. The molecule has 0 aliphatic heterocycles. The molecule has 0 spiro atoms. The van der Waals surface area contributed by atoms with Gasteiger partial charge in [-0.2, -0.15) is 5.10 Å². The van der Waals surface area contributed by atoms with Crippen LogP contribution in [0.2, 0.25) is 5.02 Å². The van der Waals surface area contributed by atoms with E-state index in [2.05, 4.69) is 10.3 Å². The fourth-order valence-electron chi connectivity index (χ4n) is 6.50. The first kappa shape index (κ1) is 27.1. The minimum absolute atomic E-state index is 0.118. The van der Waals surface area contributed by atoms with Crippen LogP contribution in [0.1, 0.15) is 78.2 Å². The highest BCUT2D eigenvalue weighted by molar-refractivity contribution is 6.31. The Morgan fingerprint density at radius 1 is 1.17 bits per heavy atom. The van der Waals surface area contributed by atoms with Crippen molar-refractivity contribution < 1.29 is 9.18 Å². The molecule has 3 aliphatic rings. The van der Waals surface area contributed by atoms with Gasteiger partial charge in [0.05, 0.1) is 22.8 Å². The Morgan fingerprint density at radius 2 is 1.95 bits per heavy atom. The number of carbonyl (C=O) groups excluding carboxylic acids is 1. The van der Waals surface area contributed by atoms with Gasteiger partial charge in [-0.05, 0) is 99.2 Å². The van der Waals surface area contributed by atoms with E-state index in [0.717, 1.165) is 61.0 Å². The molecule has 0 unspecified atom stereocenters. The van der Waals surface area contributed by atoms with E-state index in [9.17, 15) is 9.59 Å². The number of carbonyl (C=O) groups is 1. The predicted octanol–water partition coefficient (Wildman–Crippen LogP) is 6.54. The average Bonchev–Trinajstić information content (AvgIpc) is 3.83. The number of hydrogen-bond donors (Lipinski definition) is 1. The second-order valence-electron chi connectivity index (χ2n) is 12.5. The first-order valence-electron chi connectivity index (χ1n) is 14.6. The minimum Gasteiger partial charge on any atom is -0.323 e. The Labute approximate surface area is 248 Å². The van der Waals surface area contributed by atoms with Crippen LogP contribution in [0.25, 0.3) is 16.9 Å². The molecule has 216 valence electrons. The lowest BCUT2D eigenvalue weighted by Crippen LogP contribution is -2.23. The third kappa shape index (κ3) is 4.30. The van der Waals surface area contributed by atoms with Crippen LogP contribution in [0, 0.1) is 25.1 Å².